The van der Waals surface area contributed by atoms with Crippen LogP contribution in [0.3, 0.4) is 0 Å². The monoisotopic (exact) mass is 334 g/mol. The molecule has 1 aromatic rings. The van der Waals surface area contributed by atoms with Crippen molar-refractivity contribution in [2.24, 2.45) is 0 Å². The molecule has 1 aliphatic heterocycles. The Bertz CT molecular complexity index is 709. The van der Waals surface area contributed by atoms with E-state index in [1.165, 1.54) is 27.2 Å². The second-order valence-electron chi connectivity index (χ2n) is 5.89. The van der Waals surface area contributed by atoms with E-state index in [4.69, 9.17) is 0 Å². The predicted octanol–water partition coefficient (Wildman–Crippen LogP) is 7.38. The molecule has 1 heterocycles. The summed E-state index contributed by atoms with van der Waals surface area (Å²) in [5.41, 5.74) is 5.00. The minimum atomic E-state index is 1.06. The van der Waals surface area contributed by atoms with Gasteiger partial charge in [-0.15, -0.1) is 0 Å². The Labute approximate surface area is 151 Å². The summed E-state index contributed by atoms with van der Waals surface area (Å²) in [5.74, 6) is 0. The predicted molar refractivity (Wildman–Crippen MR) is 111 cm³/mol. The van der Waals surface area contributed by atoms with E-state index in [-0.39, 0.29) is 0 Å². The summed E-state index contributed by atoms with van der Waals surface area (Å²) >= 11 is 1.72. The quantitative estimate of drug-likeness (QED) is 0.555. The molecule has 0 unspecified atom stereocenters. The van der Waals surface area contributed by atoms with Crippen LogP contribution in [-0.2, 0) is 0 Å². The first-order chi connectivity index (χ1) is 11.7. The molecule has 0 saturated carbocycles. The Balaban J connectivity index is 2.44. The number of hydrogen-bond acceptors (Lipinski definition) is 1. The molecule has 24 heavy (non-hydrogen) atoms. The number of thioether (sulfide) groups is 1. The molecule has 0 bridgehead atoms. The normalized spacial score (nSPS) is 23.4. The highest BCUT2D eigenvalue weighted by molar-refractivity contribution is 8.07. The molecule has 0 atom stereocenters. The van der Waals surface area contributed by atoms with Crippen molar-refractivity contribution in [2.45, 2.75) is 33.1 Å². The Morgan fingerprint density at radius 2 is 1.92 bits per heavy atom. The van der Waals surface area contributed by atoms with Crippen molar-refractivity contribution in [3.8, 4) is 0 Å². The van der Waals surface area contributed by atoms with Crippen LogP contribution in [0.5, 0.6) is 0 Å². The van der Waals surface area contributed by atoms with Crippen LogP contribution in [0.25, 0.3) is 5.57 Å². The topological polar surface area (TPSA) is 0 Å². The van der Waals surface area contributed by atoms with Crippen molar-refractivity contribution < 1.29 is 0 Å². The lowest BCUT2D eigenvalue weighted by atomic mass is 10.0. The van der Waals surface area contributed by atoms with Gasteiger partial charge in [0.1, 0.15) is 0 Å². The molecule has 0 N–H and O–H groups in total. The van der Waals surface area contributed by atoms with Crippen molar-refractivity contribution in [1.82, 2.24) is 0 Å². The van der Waals surface area contributed by atoms with Crippen molar-refractivity contribution in [2.75, 3.05) is 0 Å². The summed E-state index contributed by atoms with van der Waals surface area (Å²) in [6.45, 7) is 12.5. The van der Waals surface area contributed by atoms with Gasteiger partial charge in [-0.2, -0.15) is 0 Å². The number of aryl methyl sites for hydroxylation is 1. The van der Waals surface area contributed by atoms with Gasteiger partial charge in [0.15, 0.2) is 0 Å². The van der Waals surface area contributed by atoms with E-state index >= 15 is 0 Å². The molecular formula is C23H26S. The minimum absolute atomic E-state index is 1.06. The molecule has 0 aliphatic carbocycles. The Morgan fingerprint density at radius 1 is 1.17 bits per heavy atom. The van der Waals surface area contributed by atoms with Gasteiger partial charge in [-0.3, -0.25) is 0 Å². The van der Waals surface area contributed by atoms with E-state index in [1.807, 2.05) is 6.08 Å². The third kappa shape index (κ3) is 5.01. The smallest absolute Gasteiger partial charge is 0.0148 e. The first-order valence-corrected chi connectivity index (χ1v) is 9.26. The maximum absolute atomic E-state index is 4.35. The molecule has 0 spiro atoms. The summed E-state index contributed by atoms with van der Waals surface area (Å²) < 4.78 is 0. The van der Waals surface area contributed by atoms with E-state index < -0.39 is 0 Å². The highest BCUT2D eigenvalue weighted by atomic mass is 32.2. The average Bonchev–Trinajstić information content (AvgIpc) is 2.61. The lowest BCUT2D eigenvalue weighted by Gasteiger charge is -2.14. The SMILES string of the molecule is C=C/C1=C(\C=C/C)CCC/C=C\C=C(\c2ccc(C)cc2)C(=C)S1. The van der Waals surface area contributed by atoms with E-state index in [9.17, 15) is 0 Å². The van der Waals surface area contributed by atoms with Crippen molar-refractivity contribution in [3.63, 3.8) is 0 Å². The molecular weight excluding hydrogens is 308 g/mol. The van der Waals surface area contributed by atoms with E-state index in [1.54, 1.807) is 11.8 Å². The average molecular weight is 335 g/mol. The van der Waals surface area contributed by atoms with Crippen LogP contribution in [0.15, 0.2) is 89.3 Å². The van der Waals surface area contributed by atoms with Crippen LogP contribution in [0.2, 0.25) is 0 Å². The molecule has 1 heteroatoms. The maximum atomic E-state index is 4.35. The third-order valence-corrected chi connectivity index (χ3v) is 5.10. The lowest BCUT2D eigenvalue weighted by molar-refractivity contribution is 0.845. The fraction of sp³-hybridized carbons (Fsp3) is 0.217. The van der Waals surface area contributed by atoms with Crippen LogP contribution in [0, 0.1) is 6.92 Å². The maximum Gasteiger partial charge on any atom is 0.0148 e. The van der Waals surface area contributed by atoms with Crippen LogP contribution >= 0.6 is 11.8 Å². The molecule has 1 aliphatic rings. The van der Waals surface area contributed by atoms with Gasteiger partial charge < -0.3 is 0 Å². The van der Waals surface area contributed by atoms with Crippen LogP contribution in [-0.4, -0.2) is 0 Å². The second kappa shape index (κ2) is 9.34. The highest BCUT2D eigenvalue weighted by Gasteiger charge is 2.11. The summed E-state index contributed by atoms with van der Waals surface area (Å²) in [6, 6.07) is 8.64. The zero-order chi connectivity index (χ0) is 17.4. The van der Waals surface area contributed by atoms with Gasteiger partial charge in [0.25, 0.3) is 0 Å². The van der Waals surface area contributed by atoms with Gasteiger partial charge in [0.05, 0.1) is 0 Å². The van der Waals surface area contributed by atoms with Crippen LogP contribution in [0.1, 0.15) is 37.3 Å². The third-order valence-electron chi connectivity index (χ3n) is 3.98. The molecule has 0 saturated heterocycles. The Morgan fingerprint density at radius 3 is 2.58 bits per heavy atom. The number of allylic oxidation sites excluding steroid dienone is 8. The highest BCUT2D eigenvalue weighted by Crippen LogP contribution is 2.38. The summed E-state index contributed by atoms with van der Waals surface area (Å²) in [5, 5.41) is 0. The van der Waals surface area contributed by atoms with Crippen LogP contribution in [0.4, 0.5) is 0 Å². The lowest BCUT2D eigenvalue weighted by Crippen LogP contribution is -1.89. The largest absolute Gasteiger partial charge is 0.0979 e. The van der Waals surface area contributed by atoms with Crippen molar-refractivity contribution in [1.29, 1.82) is 0 Å². The van der Waals surface area contributed by atoms with Gasteiger partial charge in [0.2, 0.25) is 0 Å². The molecule has 0 nitrogen and oxygen atoms in total. The van der Waals surface area contributed by atoms with Gasteiger partial charge in [0, 0.05) is 9.81 Å². The second-order valence-corrected chi connectivity index (χ2v) is 7.02. The Hall–Kier alpha value is -1.99. The number of benzene rings is 1. The fourth-order valence-electron chi connectivity index (χ4n) is 2.67. The fourth-order valence-corrected chi connectivity index (χ4v) is 3.62. The van der Waals surface area contributed by atoms with E-state index in [2.05, 4.69) is 81.7 Å². The Kier molecular flexibility index (Phi) is 7.14. The van der Waals surface area contributed by atoms with E-state index in [0.29, 0.717) is 0 Å². The molecule has 124 valence electrons. The summed E-state index contributed by atoms with van der Waals surface area (Å²) in [7, 11) is 0. The zero-order valence-electron chi connectivity index (χ0n) is 14.7. The molecule has 0 radical (unpaired) electrons. The van der Waals surface area contributed by atoms with Crippen molar-refractivity contribution >= 4 is 17.3 Å². The molecule has 0 aromatic heterocycles. The molecule has 1 aromatic carbocycles. The number of rotatable bonds is 3. The zero-order valence-corrected chi connectivity index (χ0v) is 15.5. The van der Waals surface area contributed by atoms with Crippen molar-refractivity contribution in [3.05, 3.63) is 100 Å². The van der Waals surface area contributed by atoms with Gasteiger partial charge in [-0.05, 0) is 49.8 Å². The molecule has 0 amide bonds. The molecule has 2 rings (SSSR count). The first-order valence-electron chi connectivity index (χ1n) is 8.45. The van der Waals surface area contributed by atoms with Gasteiger partial charge >= 0.3 is 0 Å². The van der Waals surface area contributed by atoms with Crippen LogP contribution < -0.4 is 0 Å². The first kappa shape index (κ1) is 18.4. The van der Waals surface area contributed by atoms with Gasteiger partial charge in [-0.1, -0.05) is 91.2 Å². The summed E-state index contributed by atoms with van der Waals surface area (Å²) in [6.07, 6.45) is 16.2. The van der Waals surface area contributed by atoms with Gasteiger partial charge in [-0.25, -0.2) is 0 Å². The standard InChI is InChI=1S/C23H26S/c1-5-11-21-12-9-7-8-10-13-22(19(4)24-23(21)6-2)20-16-14-18(3)15-17-20/h5-6,8,10-11,13-17H,2,4,7,9,12H2,1,3H3/b10-8-,11-5-,22-13+,23-21-. The molecule has 0 fully saturated rings. The minimum Gasteiger partial charge on any atom is -0.0979 e. The summed E-state index contributed by atoms with van der Waals surface area (Å²) in [4.78, 5) is 2.26. The van der Waals surface area contributed by atoms with E-state index in [0.717, 1.165) is 24.2 Å². The number of hydrogen-bond donors (Lipinski definition) is 0.